The molecule has 6 heteroatoms. The fourth-order valence-electron chi connectivity index (χ4n) is 3.89. The minimum absolute atomic E-state index is 0.0933. The monoisotopic (exact) mass is 421 g/mol. The number of aryl methyl sites for hydroxylation is 1. The van der Waals surface area contributed by atoms with Crippen molar-refractivity contribution in [3.05, 3.63) is 94.0 Å². The highest BCUT2D eigenvalue weighted by atomic mass is 35.5. The van der Waals surface area contributed by atoms with Crippen molar-refractivity contribution in [1.82, 2.24) is 5.32 Å². The Morgan fingerprint density at radius 2 is 1.63 bits per heavy atom. The molecule has 4 rings (SSSR count). The average Bonchev–Trinajstić information content (AvgIpc) is 3.06. The number of amides is 1. The van der Waals surface area contributed by atoms with Crippen LogP contribution in [-0.4, -0.2) is 23.8 Å². The smallest absolute Gasteiger partial charge is 0.408 e. The van der Waals surface area contributed by atoms with E-state index >= 15 is 0 Å². The molecule has 0 radical (unpaired) electrons. The molecule has 3 aromatic rings. The van der Waals surface area contributed by atoms with E-state index in [1.807, 2.05) is 36.4 Å². The third-order valence-corrected chi connectivity index (χ3v) is 5.79. The molecule has 0 fully saturated rings. The first-order valence-corrected chi connectivity index (χ1v) is 9.94. The number of ether oxygens (including phenoxy) is 1. The number of hydrogen-bond donors (Lipinski definition) is 2. The second-order valence-corrected chi connectivity index (χ2v) is 7.66. The van der Waals surface area contributed by atoms with Crippen LogP contribution in [0.1, 0.15) is 34.2 Å². The van der Waals surface area contributed by atoms with Crippen molar-refractivity contribution in [1.29, 1.82) is 0 Å². The van der Waals surface area contributed by atoms with Crippen molar-refractivity contribution < 1.29 is 19.4 Å². The summed E-state index contributed by atoms with van der Waals surface area (Å²) < 4.78 is 5.46. The quantitative estimate of drug-likeness (QED) is 0.585. The molecule has 2 N–H and O–H groups in total. The molecular weight excluding hydrogens is 402 g/mol. The Morgan fingerprint density at radius 3 is 2.20 bits per heavy atom. The fraction of sp³-hybridized carbons (Fsp3) is 0.167. The van der Waals surface area contributed by atoms with Gasteiger partial charge in [-0.1, -0.05) is 72.3 Å². The van der Waals surface area contributed by atoms with Gasteiger partial charge < -0.3 is 15.2 Å². The van der Waals surface area contributed by atoms with Crippen LogP contribution in [0.4, 0.5) is 4.79 Å². The predicted molar refractivity (Wildman–Crippen MR) is 115 cm³/mol. The van der Waals surface area contributed by atoms with Crippen molar-refractivity contribution in [3.63, 3.8) is 0 Å². The number of nitrogens with one attached hydrogen (secondary N) is 1. The van der Waals surface area contributed by atoms with Gasteiger partial charge in [-0.05, 0) is 46.4 Å². The van der Waals surface area contributed by atoms with Crippen molar-refractivity contribution in [2.75, 3.05) is 6.61 Å². The second kappa shape index (κ2) is 8.20. The molecule has 1 aliphatic carbocycles. The van der Waals surface area contributed by atoms with E-state index < -0.39 is 18.1 Å². The minimum Gasteiger partial charge on any atom is -0.479 e. The maximum Gasteiger partial charge on any atom is 0.408 e. The summed E-state index contributed by atoms with van der Waals surface area (Å²) in [5.74, 6) is -1.27. The highest BCUT2D eigenvalue weighted by Gasteiger charge is 2.30. The number of carbonyl (C=O) groups is 2. The van der Waals surface area contributed by atoms with Crippen LogP contribution < -0.4 is 5.32 Å². The van der Waals surface area contributed by atoms with Crippen LogP contribution in [0.25, 0.3) is 11.1 Å². The fourth-order valence-corrected chi connectivity index (χ4v) is 4.01. The second-order valence-electron chi connectivity index (χ2n) is 7.25. The summed E-state index contributed by atoms with van der Waals surface area (Å²) in [5.41, 5.74) is 5.60. The first-order valence-electron chi connectivity index (χ1n) is 9.56. The molecule has 3 aromatic carbocycles. The van der Waals surface area contributed by atoms with Gasteiger partial charge in [0.05, 0.1) is 0 Å². The number of carboxylic acid groups (broad SMARTS) is 1. The highest BCUT2D eigenvalue weighted by Crippen LogP contribution is 2.44. The molecule has 1 aliphatic rings. The van der Waals surface area contributed by atoms with Crippen molar-refractivity contribution in [3.8, 4) is 11.1 Å². The van der Waals surface area contributed by atoms with Crippen molar-refractivity contribution in [2.45, 2.75) is 18.9 Å². The highest BCUT2D eigenvalue weighted by molar-refractivity contribution is 6.31. The Balaban J connectivity index is 1.49. The van der Waals surface area contributed by atoms with Gasteiger partial charge in [-0.25, -0.2) is 9.59 Å². The van der Waals surface area contributed by atoms with Gasteiger partial charge in [-0.3, -0.25) is 0 Å². The van der Waals surface area contributed by atoms with Crippen LogP contribution in [0.5, 0.6) is 0 Å². The topological polar surface area (TPSA) is 75.6 Å². The first kappa shape index (κ1) is 20.0. The van der Waals surface area contributed by atoms with Gasteiger partial charge in [0.25, 0.3) is 0 Å². The molecule has 1 atom stereocenters. The maximum absolute atomic E-state index is 12.4. The summed E-state index contributed by atoms with van der Waals surface area (Å²) in [6, 6.07) is 19.7. The van der Waals surface area contributed by atoms with E-state index in [1.54, 1.807) is 25.1 Å². The summed E-state index contributed by atoms with van der Waals surface area (Å²) in [6.45, 7) is 1.89. The minimum atomic E-state index is -1.23. The van der Waals surface area contributed by atoms with Gasteiger partial charge in [-0.15, -0.1) is 0 Å². The normalized spacial score (nSPS) is 13.3. The van der Waals surface area contributed by atoms with Crippen LogP contribution in [0.3, 0.4) is 0 Å². The Kier molecular flexibility index (Phi) is 5.46. The number of carboxylic acids is 1. The zero-order chi connectivity index (χ0) is 21.3. The SMILES string of the molecule is Cc1cc([C@H](NC(=O)OCC2c3ccccc3-c3ccccc32)C(=O)O)ccc1Cl. The standard InChI is InChI=1S/C24H20ClNO4/c1-14-12-15(10-11-21(14)25)22(23(27)28)26-24(29)30-13-20-18-8-4-2-6-16(18)17-7-3-5-9-19(17)20/h2-12,20,22H,13H2,1H3,(H,26,29)(H,27,28)/t22-/m0/s1. The van der Waals surface area contributed by atoms with Crippen LogP contribution in [0.15, 0.2) is 66.7 Å². The van der Waals surface area contributed by atoms with Crippen molar-refractivity contribution >= 4 is 23.7 Å². The Bertz CT molecular complexity index is 1080. The largest absolute Gasteiger partial charge is 0.479 e. The lowest BCUT2D eigenvalue weighted by Crippen LogP contribution is -2.34. The van der Waals surface area contributed by atoms with Gasteiger partial charge in [0.15, 0.2) is 6.04 Å². The number of benzene rings is 3. The number of halogens is 1. The van der Waals surface area contributed by atoms with Crippen molar-refractivity contribution in [2.24, 2.45) is 0 Å². The molecule has 0 saturated heterocycles. The number of hydrogen-bond acceptors (Lipinski definition) is 3. The summed E-state index contributed by atoms with van der Waals surface area (Å²) in [6.07, 6.45) is -0.781. The molecule has 0 aromatic heterocycles. The van der Waals surface area contributed by atoms with Gasteiger partial charge in [0, 0.05) is 10.9 Å². The van der Waals surface area contributed by atoms with Crippen LogP contribution in [0, 0.1) is 6.92 Å². The third-order valence-electron chi connectivity index (χ3n) is 5.37. The molecule has 1 amide bonds. The molecule has 0 spiro atoms. The van der Waals surface area contributed by atoms with Gasteiger partial charge in [0.1, 0.15) is 6.61 Å². The summed E-state index contributed by atoms with van der Waals surface area (Å²) in [5, 5.41) is 12.6. The van der Waals surface area contributed by atoms with Crippen LogP contribution in [-0.2, 0) is 9.53 Å². The molecule has 0 aliphatic heterocycles. The van der Waals surface area contributed by atoms with Gasteiger partial charge >= 0.3 is 12.1 Å². The van der Waals surface area contributed by atoms with Crippen LogP contribution in [0.2, 0.25) is 5.02 Å². The maximum atomic E-state index is 12.4. The van der Waals surface area contributed by atoms with E-state index in [2.05, 4.69) is 17.4 Å². The number of rotatable bonds is 5. The summed E-state index contributed by atoms with van der Waals surface area (Å²) in [4.78, 5) is 24.2. The molecule has 152 valence electrons. The van der Waals surface area contributed by atoms with Crippen LogP contribution >= 0.6 is 11.6 Å². The predicted octanol–water partition coefficient (Wildman–Crippen LogP) is 5.31. The lowest BCUT2D eigenvalue weighted by Gasteiger charge is -2.18. The van der Waals surface area contributed by atoms with E-state index in [4.69, 9.17) is 16.3 Å². The lowest BCUT2D eigenvalue weighted by molar-refractivity contribution is -0.139. The average molecular weight is 422 g/mol. The number of fused-ring (bicyclic) bond motifs is 3. The Labute approximate surface area is 179 Å². The van der Waals surface area contributed by atoms with E-state index in [0.717, 1.165) is 27.8 Å². The lowest BCUT2D eigenvalue weighted by atomic mass is 9.98. The molecule has 0 bridgehead atoms. The number of carbonyl (C=O) groups excluding carboxylic acids is 1. The molecule has 0 saturated carbocycles. The van der Waals surface area contributed by atoms with E-state index in [9.17, 15) is 14.7 Å². The molecule has 0 heterocycles. The zero-order valence-electron chi connectivity index (χ0n) is 16.3. The zero-order valence-corrected chi connectivity index (χ0v) is 17.0. The molecule has 5 nitrogen and oxygen atoms in total. The molecule has 0 unspecified atom stereocenters. The van der Waals surface area contributed by atoms with Gasteiger partial charge in [0.2, 0.25) is 0 Å². The van der Waals surface area contributed by atoms with Gasteiger partial charge in [-0.2, -0.15) is 0 Å². The van der Waals surface area contributed by atoms with E-state index in [0.29, 0.717) is 10.6 Å². The molecule has 30 heavy (non-hydrogen) atoms. The first-order chi connectivity index (χ1) is 14.5. The molecular formula is C24H20ClNO4. The van der Waals surface area contributed by atoms with E-state index in [-0.39, 0.29) is 12.5 Å². The number of aliphatic carboxylic acids is 1. The van der Waals surface area contributed by atoms with E-state index in [1.165, 1.54) is 0 Å². The Morgan fingerprint density at radius 1 is 1.03 bits per heavy atom. The number of alkyl carbamates (subject to hydrolysis) is 1. The third kappa shape index (κ3) is 3.76. The summed E-state index contributed by atoms with van der Waals surface area (Å²) in [7, 11) is 0. The Hall–Kier alpha value is -3.31. The summed E-state index contributed by atoms with van der Waals surface area (Å²) >= 11 is 6.02.